The Morgan fingerprint density at radius 2 is 2.12 bits per heavy atom. The quantitative estimate of drug-likeness (QED) is 0.809. The molecule has 2 nitrogen and oxygen atoms in total. The summed E-state index contributed by atoms with van der Waals surface area (Å²) < 4.78 is 13.0. The first kappa shape index (κ1) is 14.4. The number of hydrogen-bond donors (Lipinski definition) is 1. The first-order valence-corrected chi connectivity index (χ1v) is 6.36. The number of nitrogens with zero attached hydrogens (tertiary/aromatic N) is 1. The van der Waals surface area contributed by atoms with Crippen LogP contribution < -0.4 is 5.32 Å². The highest BCUT2D eigenvalue weighted by Gasteiger charge is 2.06. The maximum atomic E-state index is 13.0. The number of benzene rings is 1. The summed E-state index contributed by atoms with van der Waals surface area (Å²) in [6.07, 6.45) is 1.11. The average Bonchev–Trinajstić information content (AvgIpc) is 2.31. The normalized spacial score (nSPS) is 11.1. The molecule has 0 saturated carbocycles. The van der Waals surface area contributed by atoms with Crippen LogP contribution >= 0.6 is 11.6 Å². The van der Waals surface area contributed by atoms with E-state index in [2.05, 4.69) is 17.1 Å². The second-order valence-electron chi connectivity index (χ2n) is 4.13. The van der Waals surface area contributed by atoms with Gasteiger partial charge in [0.15, 0.2) is 0 Å². The molecule has 0 spiro atoms. The van der Waals surface area contributed by atoms with E-state index < -0.39 is 0 Å². The molecular formula is C13H20ClFN2. The lowest BCUT2D eigenvalue weighted by Crippen LogP contribution is -2.31. The van der Waals surface area contributed by atoms with E-state index in [4.69, 9.17) is 11.6 Å². The summed E-state index contributed by atoms with van der Waals surface area (Å²) in [7, 11) is 1.94. The third-order valence-corrected chi connectivity index (χ3v) is 2.90. The van der Waals surface area contributed by atoms with Gasteiger partial charge in [0.2, 0.25) is 0 Å². The molecule has 0 atom stereocenters. The molecule has 0 heterocycles. The number of likely N-dealkylation sites (N-methyl/N-ethyl adjacent to an activating group) is 1. The van der Waals surface area contributed by atoms with E-state index in [9.17, 15) is 4.39 Å². The van der Waals surface area contributed by atoms with Crippen molar-refractivity contribution in [1.29, 1.82) is 0 Å². The van der Waals surface area contributed by atoms with E-state index in [-0.39, 0.29) is 10.8 Å². The molecule has 0 radical (unpaired) electrons. The van der Waals surface area contributed by atoms with Crippen LogP contribution in [0, 0.1) is 5.82 Å². The highest BCUT2D eigenvalue weighted by atomic mass is 35.5. The summed E-state index contributed by atoms with van der Waals surface area (Å²) in [5, 5.41) is 3.34. The lowest BCUT2D eigenvalue weighted by atomic mass is 10.2. The van der Waals surface area contributed by atoms with Crippen molar-refractivity contribution in [1.82, 2.24) is 10.2 Å². The molecular weight excluding hydrogens is 239 g/mol. The summed E-state index contributed by atoms with van der Waals surface area (Å²) in [6.45, 7) is 5.95. The van der Waals surface area contributed by atoms with Crippen molar-refractivity contribution < 1.29 is 4.39 Å². The molecule has 0 bridgehead atoms. The molecule has 0 aliphatic heterocycles. The molecule has 1 aromatic rings. The first-order valence-electron chi connectivity index (χ1n) is 5.98. The Balaban J connectivity index is 2.61. The third-order valence-electron chi connectivity index (χ3n) is 2.61. The van der Waals surface area contributed by atoms with Crippen molar-refractivity contribution in [2.75, 3.05) is 26.7 Å². The van der Waals surface area contributed by atoms with Crippen molar-refractivity contribution in [3.63, 3.8) is 0 Å². The van der Waals surface area contributed by atoms with Crippen LogP contribution in [0.3, 0.4) is 0 Å². The van der Waals surface area contributed by atoms with Gasteiger partial charge in [-0.1, -0.05) is 24.6 Å². The van der Waals surface area contributed by atoms with E-state index in [0.717, 1.165) is 38.2 Å². The van der Waals surface area contributed by atoms with Gasteiger partial charge < -0.3 is 5.32 Å². The van der Waals surface area contributed by atoms with Crippen molar-refractivity contribution >= 4 is 11.6 Å². The number of halogens is 2. The summed E-state index contributed by atoms with van der Waals surface area (Å²) in [6, 6.07) is 4.93. The Bertz CT molecular complexity index is 344. The molecule has 1 N–H and O–H groups in total. The molecule has 0 saturated heterocycles. The molecule has 0 aliphatic carbocycles. The van der Waals surface area contributed by atoms with Gasteiger partial charge in [-0.3, -0.25) is 4.90 Å². The number of hydrogen-bond acceptors (Lipinski definition) is 2. The molecule has 96 valence electrons. The lowest BCUT2D eigenvalue weighted by Gasteiger charge is -2.21. The molecule has 0 amide bonds. The van der Waals surface area contributed by atoms with Gasteiger partial charge in [-0.05, 0) is 37.7 Å². The van der Waals surface area contributed by atoms with Crippen LogP contribution in [-0.2, 0) is 6.54 Å². The molecule has 0 unspecified atom stereocenters. The van der Waals surface area contributed by atoms with Crippen LogP contribution in [0.1, 0.15) is 18.9 Å². The van der Waals surface area contributed by atoms with Crippen LogP contribution in [-0.4, -0.2) is 31.6 Å². The Morgan fingerprint density at radius 1 is 1.35 bits per heavy atom. The van der Waals surface area contributed by atoms with Gasteiger partial charge in [0.25, 0.3) is 0 Å². The molecule has 4 heteroatoms. The minimum Gasteiger partial charge on any atom is -0.318 e. The predicted molar refractivity (Wildman–Crippen MR) is 70.9 cm³/mol. The van der Waals surface area contributed by atoms with E-state index in [1.807, 2.05) is 7.05 Å². The fourth-order valence-electron chi connectivity index (χ4n) is 1.75. The van der Waals surface area contributed by atoms with Crippen LogP contribution in [0.4, 0.5) is 4.39 Å². The van der Waals surface area contributed by atoms with Gasteiger partial charge in [-0.15, -0.1) is 0 Å². The standard InChI is InChI=1S/C13H20ClFN2/c1-3-7-17(8-6-16-2)10-11-4-5-13(15)12(14)9-11/h4-5,9,16H,3,6-8,10H2,1-2H3. The second kappa shape index (κ2) is 7.64. The van der Waals surface area contributed by atoms with Gasteiger partial charge in [0.05, 0.1) is 5.02 Å². The van der Waals surface area contributed by atoms with Crippen LogP contribution in [0.15, 0.2) is 18.2 Å². The summed E-state index contributed by atoms with van der Waals surface area (Å²) >= 11 is 5.77. The topological polar surface area (TPSA) is 15.3 Å². The SMILES string of the molecule is CCCN(CCNC)Cc1ccc(F)c(Cl)c1. The highest BCUT2D eigenvalue weighted by Crippen LogP contribution is 2.17. The van der Waals surface area contributed by atoms with Crippen molar-refractivity contribution in [3.05, 3.63) is 34.6 Å². The molecule has 1 aromatic carbocycles. The Morgan fingerprint density at radius 3 is 2.71 bits per heavy atom. The Kier molecular flexibility index (Phi) is 6.48. The Hall–Kier alpha value is -0.640. The zero-order valence-corrected chi connectivity index (χ0v) is 11.2. The zero-order chi connectivity index (χ0) is 12.7. The maximum Gasteiger partial charge on any atom is 0.141 e. The average molecular weight is 259 g/mol. The minimum atomic E-state index is -0.354. The van der Waals surface area contributed by atoms with E-state index in [1.165, 1.54) is 6.07 Å². The molecule has 1 rings (SSSR count). The van der Waals surface area contributed by atoms with E-state index >= 15 is 0 Å². The highest BCUT2D eigenvalue weighted by molar-refractivity contribution is 6.30. The van der Waals surface area contributed by atoms with Crippen molar-refractivity contribution in [2.24, 2.45) is 0 Å². The van der Waals surface area contributed by atoms with Gasteiger partial charge in [-0.2, -0.15) is 0 Å². The largest absolute Gasteiger partial charge is 0.318 e. The number of rotatable bonds is 7. The van der Waals surface area contributed by atoms with Gasteiger partial charge in [0, 0.05) is 19.6 Å². The van der Waals surface area contributed by atoms with Crippen LogP contribution in [0.2, 0.25) is 5.02 Å². The first-order chi connectivity index (χ1) is 8.17. The number of nitrogens with one attached hydrogen (secondary N) is 1. The summed E-state index contributed by atoms with van der Waals surface area (Å²) in [4.78, 5) is 2.33. The Labute approximate surface area is 108 Å². The molecule has 0 aliphatic rings. The van der Waals surface area contributed by atoms with Gasteiger partial charge >= 0.3 is 0 Å². The van der Waals surface area contributed by atoms with E-state index in [1.54, 1.807) is 12.1 Å². The van der Waals surface area contributed by atoms with Crippen LogP contribution in [0.5, 0.6) is 0 Å². The molecule has 17 heavy (non-hydrogen) atoms. The smallest absolute Gasteiger partial charge is 0.141 e. The summed E-state index contributed by atoms with van der Waals surface area (Å²) in [5.41, 5.74) is 1.06. The molecule has 0 aromatic heterocycles. The third kappa shape index (κ3) is 5.02. The second-order valence-corrected chi connectivity index (χ2v) is 4.54. The van der Waals surface area contributed by atoms with Crippen molar-refractivity contribution in [3.8, 4) is 0 Å². The fourth-order valence-corrected chi connectivity index (χ4v) is 1.96. The van der Waals surface area contributed by atoms with Gasteiger partial charge in [-0.25, -0.2) is 4.39 Å². The lowest BCUT2D eigenvalue weighted by molar-refractivity contribution is 0.268. The summed E-state index contributed by atoms with van der Waals surface area (Å²) in [5.74, 6) is -0.354. The fraction of sp³-hybridized carbons (Fsp3) is 0.538. The van der Waals surface area contributed by atoms with Crippen molar-refractivity contribution in [2.45, 2.75) is 19.9 Å². The monoisotopic (exact) mass is 258 g/mol. The minimum absolute atomic E-state index is 0.201. The van der Waals surface area contributed by atoms with Crippen LogP contribution in [0.25, 0.3) is 0 Å². The van der Waals surface area contributed by atoms with E-state index in [0.29, 0.717) is 0 Å². The maximum absolute atomic E-state index is 13.0. The molecule has 0 fully saturated rings. The van der Waals surface area contributed by atoms with Gasteiger partial charge in [0.1, 0.15) is 5.82 Å². The predicted octanol–water partition coefficient (Wildman–Crippen LogP) is 2.91. The zero-order valence-electron chi connectivity index (χ0n) is 10.5.